The van der Waals surface area contributed by atoms with Crippen LogP contribution in [0.3, 0.4) is 0 Å². The van der Waals surface area contributed by atoms with Crippen LogP contribution in [0.2, 0.25) is 0 Å². The van der Waals surface area contributed by atoms with E-state index >= 15 is 0 Å². The highest BCUT2D eigenvalue weighted by atomic mass is 16.6. The third-order valence-electron chi connectivity index (χ3n) is 3.63. The summed E-state index contributed by atoms with van der Waals surface area (Å²) in [4.78, 5) is 17.0. The minimum absolute atomic E-state index is 0.168. The zero-order chi connectivity index (χ0) is 18.9. The van der Waals surface area contributed by atoms with Crippen molar-refractivity contribution in [2.24, 2.45) is 5.16 Å². The van der Waals surface area contributed by atoms with Crippen LogP contribution in [0.1, 0.15) is 23.6 Å². The lowest BCUT2D eigenvalue weighted by Crippen LogP contribution is -2.17. The number of hydrogen-bond acceptors (Lipinski definition) is 5. The van der Waals surface area contributed by atoms with Crippen LogP contribution in [0.5, 0.6) is 11.5 Å². The predicted molar refractivity (Wildman–Crippen MR) is 102 cm³/mol. The van der Waals surface area contributed by atoms with Gasteiger partial charge in [-0.05, 0) is 56.2 Å². The lowest BCUT2D eigenvalue weighted by Gasteiger charge is -2.09. The Morgan fingerprint density at radius 1 is 1.15 bits per heavy atom. The number of aryl methyl sites for hydroxylation is 2. The molecule has 6 heteroatoms. The van der Waals surface area contributed by atoms with E-state index in [1.54, 1.807) is 19.2 Å². The number of hydrogen-bond donors (Lipinski definition) is 1. The summed E-state index contributed by atoms with van der Waals surface area (Å²) in [6.07, 6.45) is 1.52. The van der Waals surface area contributed by atoms with Gasteiger partial charge in [-0.2, -0.15) is 0 Å². The highest BCUT2D eigenvalue weighted by Crippen LogP contribution is 2.27. The molecule has 0 saturated carbocycles. The van der Waals surface area contributed by atoms with Crippen LogP contribution in [-0.2, 0) is 9.63 Å². The predicted octanol–water partition coefficient (Wildman–Crippen LogP) is 3.70. The van der Waals surface area contributed by atoms with Gasteiger partial charge >= 0.3 is 0 Å². The Morgan fingerprint density at radius 3 is 2.69 bits per heavy atom. The molecule has 0 aliphatic rings. The second-order valence-electron chi connectivity index (χ2n) is 5.72. The lowest BCUT2D eigenvalue weighted by molar-refractivity contribution is -0.120. The Kier molecular flexibility index (Phi) is 7.02. The van der Waals surface area contributed by atoms with Crippen molar-refractivity contribution in [3.05, 3.63) is 53.1 Å². The maximum Gasteiger partial charge on any atom is 0.265 e. The average Bonchev–Trinajstić information content (AvgIpc) is 2.62. The highest BCUT2D eigenvalue weighted by molar-refractivity contribution is 5.92. The molecule has 0 radical (unpaired) electrons. The Labute approximate surface area is 153 Å². The zero-order valence-electron chi connectivity index (χ0n) is 15.5. The van der Waals surface area contributed by atoms with E-state index in [1.807, 2.05) is 45.0 Å². The van der Waals surface area contributed by atoms with Crippen molar-refractivity contribution in [1.82, 2.24) is 0 Å². The summed E-state index contributed by atoms with van der Waals surface area (Å²) < 4.78 is 10.7. The molecule has 0 bridgehead atoms. The second kappa shape index (κ2) is 9.46. The smallest absolute Gasteiger partial charge is 0.265 e. The van der Waals surface area contributed by atoms with Gasteiger partial charge in [0.25, 0.3) is 5.91 Å². The van der Waals surface area contributed by atoms with E-state index in [1.165, 1.54) is 6.21 Å². The van der Waals surface area contributed by atoms with Gasteiger partial charge in [0, 0.05) is 11.3 Å². The molecule has 0 atom stereocenters. The molecule has 0 saturated heterocycles. The molecule has 0 aliphatic carbocycles. The number of carbonyl (C=O) groups excluding carboxylic acids is 1. The first-order valence-electron chi connectivity index (χ1n) is 8.36. The first kappa shape index (κ1) is 19.3. The Morgan fingerprint density at radius 2 is 1.96 bits per heavy atom. The van der Waals surface area contributed by atoms with Gasteiger partial charge in [0.05, 0.1) is 19.9 Å². The number of ether oxygens (including phenoxy) is 2. The molecule has 0 aliphatic heterocycles. The summed E-state index contributed by atoms with van der Waals surface area (Å²) >= 11 is 0. The third-order valence-corrected chi connectivity index (χ3v) is 3.63. The van der Waals surface area contributed by atoms with Crippen molar-refractivity contribution in [2.75, 3.05) is 25.6 Å². The number of methoxy groups -OCH3 is 1. The normalized spacial score (nSPS) is 10.6. The molecule has 0 spiro atoms. The van der Waals surface area contributed by atoms with Crippen LogP contribution in [0.25, 0.3) is 0 Å². The maximum atomic E-state index is 12.0. The van der Waals surface area contributed by atoms with Gasteiger partial charge in [-0.25, -0.2) is 0 Å². The molecule has 6 nitrogen and oxygen atoms in total. The molecule has 2 aromatic carbocycles. The fraction of sp³-hybridized carbons (Fsp3) is 0.300. The van der Waals surface area contributed by atoms with Crippen molar-refractivity contribution in [3.8, 4) is 11.5 Å². The van der Waals surface area contributed by atoms with Crippen molar-refractivity contribution < 1.29 is 19.1 Å². The number of oxime groups is 1. The van der Waals surface area contributed by atoms with Gasteiger partial charge in [-0.3, -0.25) is 4.79 Å². The summed E-state index contributed by atoms with van der Waals surface area (Å²) in [5, 5.41) is 6.65. The van der Waals surface area contributed by atoms with E-state index in [0.717, 1.165) is 22.4 Å². The Bertz CT molecular complexity index is 787. The minimum Gasteiger partial charge on any atom is -0.493 e. The SMILES string of the molecule is CCOc1cc(C=NOCC(=O)Nc2cc(C)ccc2C)ccc1OC. The highest BCUT2D eigenvalue weighted by Gasteiger charge is 2.06. The standard InChI is InChI=1S/C20H24N2O4/c1-5-25-19-11-16(8-9-18(19)24-4)12-21-26-13-20(23)22-17-10-14(2)6-7-15(17)3/h6-12H,5,13H2,1-4H3,(H,22,23). The average molecular weight is 356 g/mol. The number of nitrogens with zero attached hydrogens (tertiary/aromatic N) is 1. The van der Waals surface area contributed by atoms with Crippen LogP contribution >= 0.6 is 0 Å². The monoisotopic (exact) mass is 356 g/mol. The van der Waals surface area contributed by atoms with Crippen molar-refractivity contribution in [2.45, 2.75) is 20.8 Å². The fourth-order valence-corrected chi connectivity index (χ4v) is 2.29. The molecule has 2 rings (SSSR count). The van der Waals surface area contributed by atoms with E-state index in [0.29, 0.717) is 18.1 Å². The molecule has 1 amide bonds. The topological polar surface area (TPSA) is 69.2 Å². The van der Waals surface area contributed by atoms with E-state index in [9.17, 15) is 4.79 Å². The zero-order valence-corrected chi connectivity index (χ0v) is 15.5. The van der Waals surface area contributed by atoms with Crippen LogP contribution < -0.4 is 14.8 Å². The quantitative estimate of drug-likeness (QED) is 0.578. The Hall–Kier alpha value is -3.02. The third kappa shape index (κ3) is 5.51. The van der Waals surface area contributed by atoms with Crippen LogP contribution in [0.4, 0.5) is 5.69 Å². The van der Waals surface area contributed by atoms with Gasteiger partial charge in [0.1, 0.15) is 0 Å². The molecule has 0 fully saturated rings. The van der Waals surface area contributed by atoms with E-state index in [-0.39, 0.29) is 12.5 Å². The maximum absolute atomic E-state index is 12.0. The molecule has 26 heavy (non-hydrogen) atoms. The van der Waals surface area contributed by atoms with Gasteiger partial charge in [-0.15, -0.1) is 0 Å². The van der Waals surface area contributed by atoms with Gasteiger partial charge in [0.2, 0.25) is 0 Å². The second-order valence-corrected chi connectivity index (χ2v) is 5.72. The van der Waals surface area contributed by atoms with Crippen LogP contribution in [0, 0.1) is 13.8 Å². The molecule has 2 aromatic rings. The molecular formula is C20H24N2O4. The lowest BCUT2D eigenvalue weighted by atomic mass is 10.1. The van der Waals surface area contributed by atoms with E-state index < -0.39 is 0 Å². The van der Waals surface area contributed by atoms with Crippen LogP contribution in [-0.4, -0.2) is 32.4 Å². The summed E-state index contributed by atoms with van der Waals surface area (Å²) in [6.45, 7) is 6.18. The van der Waals surface area contributed by atoms with E-state index in [4.69, 9.17) is 14.3 Å². The molecule has 0 aromatic heterocycles. The summed E-state index contributed by atoms with van der Waals surface area (Å²) in [5.41, 5.74) is 3.63. The number of anilines is 1. The van der Waals surface area contributed by atoms with Crippen molar-refractivity contribution in [3.63, 3.8) is 0 Å². The van der Waals surface area contributed by atoms with Crippen molar-refractivity contribution >= 4 is 17.8 Å². The number of benzene rings is 2. The summed E-state index contributed by atoms with van der Waals surface area (Å²) in [6, 6.07) is 11.3. The fourth-order valence-electron chi connectivity index (χ4n) is 2.29. The number of amides is 1. The Balaban J connectivity index is 1.89. The molecule has 0 heterocycles. The molecule has 1 N–H and O–H groups in total. The van der Waals surface area contributed by atoms with Crippen LogP contribution in [0.15, 0.2) is 41.6 Å². The summed E-state index contributed by atoms with van der Waals surface area (Å²) in [5.74, 6) is 1.02. The first-order chi connectivity index (χ1) is 12.5. The molecular weight excluding hydrogens is 332 g/mol. The molecule has 0 unspecified atom stereocenters. The van der Waals surface area contributed by atoms with Gasteiger partial charge < -0.3 is 19.6 Å². The van der Waals surface area contributed by atoms with E-state index in [2.05, 4.69) is 10.5 Å². The largest absolute Gasteiger partial charge is 0.493 e. The number of carbonyl (C=O) groups is 1. The number of rotatable bonds is 8. The minimum atomic E-state index is -0.263. The molecule has 138 valence electrons. The van der Waals surface area contributed by atoms with Gasteiger partial charge in [0.15, 0.2) is 18.1 Å². The first-order valence-corrected chi connectivity index (χ1v) is 8.36. The van der Waals surface area contributed by atoms with Crippen molar-refractivity contribution in [1.29, 1.82) is 0 Å². The number of nitrogens with one attached hydrogen (secondary N) is 1. The summed E-state index contributed by atoms with van der Waals surface area (Å²) in [7, 11) is 1.59. The van der Waals surface area contributed by atoms with Gasteiger partial charge in [-0.1, -0.05) is 17.3 Å².